The zero-order valence-corrected chi connectivity index (χ0v) is 15.0. The molecule has 0 heterocycles. The summed E-state index contributed by atoms with van der Waals surface area (Å²) in [4.78, 5) is 1.66. The van der Waals surface area contributed by atoms with Crippen molar-refractivity contribution >= 4 is 15.7 Å². The summed E-state index contributed by atoms with van der Waals surface area (Å²) in [5.74, 6) is 5.12. The summed E-state index contributed by atoms with van der Waals surface area (Å²) in [6.45, 7) is -0.107. The van der Waals surface area contributed by atoms with Crippen LogP contribution in [0, 0.1) is 17.7 Å². The molecule has 0 saturated carbocycles. The van der Waals surface area contributed by atoms with E-state index in [1.165, 1.54) is 13.2 Å². The molecule has 5 nitrogen and oxygen atoms in total. The lowest BCUT2D eigenvalue weighted by molar-refractivity contribution is 0.400. The third kappa shape index (κ3) is 4.72. The van der Waals surface area contributed by atoms with E-state index in [0.29, 0.717) is 0 Å². The van der Waals surface area contributed by atoms with E-state index in [-0.39, 0.29) is 17.2 Å². The Labute approximate surface area is 147 Å². The van der Waals surface area contributed by atoms with Crippen molar-refractivity contribution in [3.05, 3.63) is 53.8 Å². The molecule has 0 atom stereocenters. The fraction of sp³-hybridized carbons (Fsp3) is 0.222. The van der Waals surface area contributed by atoms with Gasteiger partial charge in [-0.05, 0) is 30.3 Å². The molecule has 0 bridgehead atoms. The fourth-order valence-corrected chi connectivity index (χ4v) is 3.28. The highest BCUT2D eigenvalue weighted by atomic mass is 32.2. The molecule has 0 unspecified atom stereocenters. The molecule has 2 rings (SSSR count). The van der Waals surface area contributed by atoms with E-state index in [1.807, 2.05) is 43.3 Å². The quantitative estimate of drug-likeness (QED) is 0.829. The zero-order chi connectivity index (χ0) is 18.4. The molecule has 2 aromatic rings. The van der Waals surface area contributed by atoms with Crippen LogP contribution in [-0.4, -0.2) is 36.2 Å². The lowest BCUT2D eigenvalue weighted by Crippen LogP contribution is -2.24. The van der Waals surface area contributed by atoms with Crippen molar-refractivity contribution < 1.29 is 17.5 Å². The molecule has 132 valence electrons. The van der Waals surface area contributed by atoms with Gasteiger partial charge in [0.05, 0.1) is 19.3 Å². The van der Waals surface area contributed by atoms with Crippen LogP contribution in [0.1, 0.15) is 5.56 Å². The van der Waals surface area contributed by atoms with Crippen molar-refractivity contribution in [3.63, 3.8) is 0 Å². The SMILES string of the molecule is COc1ccc(F)cc1S(=O)(=O)NCC#Cc1ccccc1N(C)C. The third-order valence-corrected chi connectivity index (χ3v) is 4.80. The second kappa shape index (κ2) is 8.01. The molecule has 25 heavy (non-hydrogen) atoms. The van der Waals surface area contributed by atoms with Crippen molar-refractivity contribution in [2.45, 2.75) is 4.90 Å². The minimum Gasteiger partial charge on any atom is -0.495 e. The third-order valence-electron chi connectivity index (χ3n) is 3.37. The van der Waals surface area contributed by atoms with Crippen molar-refractivity contribution in [2.24, 2.45) is 0 Å². The first-order valence-electron chi connectivity index (χ1n) is 7.43. The lowest BCUT2D eigenvalue weighted by Gasteiger charge is -2.14. The Morgan fingerprint density at radius 1 is 1.20 bits per heavy atom. The predicted octanol–water partition coefficient (Wildman–Crippen LogP) is 2.23. The first-order chi connectivity index (χ1) is 11.8. The van der Waals surface area contributed by atoms with Crippen LogP contribution in [0.5, 0.6) is 5.75 Å². The van der Waals surface area contributed by atoms with Gasteiger partial charge in [0.15, 0.2) is 0 Å². The predicted molar refractivity (Wildman–Crippen MR) is 95.8 cm³/mol. The highest BCUT2D eigenvalue weighted by Crippen LogP contribution is 2.24. The maximum atomic E-state index is 13.4. The van der Waals surface area contributed by atoms with E-state index in [2.05, 4.69) is 16.6 Å². The van der Waals surface area contributed by atoms with Crippen molar-refractivity contribution in [1.82, 2.24) is 4.72 Å². The van der Waals surface area contributed by atoms with Crippen LogP contribution in [-0.2, 0) is 10.0 Å². The molecule has 0 aromatic heterocycles. The van der Waals surface area contributed by atoms with Gasteiger partial charge in [0.2, 0.25) is 10.0 Å². The number of para-hydroxylation sites is 1. The van der Waals surface area contributed by atoms with Crippen LogP contribution in [0.25, 0.3) is 0 Å². The van der Waals surface area contributed by atoms with E-state index >= 15 is 0 Å². The standard InChI is InChI=1S/C18H19FN2O3S/c1-21(2)16-9-5-4-7-14(16)8-6-12-20-25(22,23)18-13-15(19)10-11-17(18)24-3/h4-5,7,9-11,13,20H,12H2,1-3H3. The maximum Gasteiger partial charge on any atom is 0.245 e. The Bertz CT molecular complexity index is 915. The molecule has 7 heteroatoms. The van der Waals surface area contributed by atoms with Crippen molar-refractivity contribution in [1.29, 1.82) is 0 Å². The summed E-state index contributed by atoms with van der Waals surface area (Å²) in [5, 5.41) is 0. The number of nitrogens with one attached hydrogen (secondary N) is 1. The molecule has 0 aliphatic heterocycles. The topological polar surface area (TPSA) is 58.6 Å². The van der Waals surface area contributed by atoms with Crippen LogP contribution in [0.2, 0.25) is 0 Å². The lowest BCUT2D eigenvalue weighted by atomic mass is 10.1. The summed E-state index contributed by atoms with van der Waals surface area (Å²) >= 11 is 0. The summed E-state index contributed by atoms with van der Waals surface area (Å²) in [5.41, 5.74) is 1.72. The summed E-state index contributed by atoms with van der Waals surface area (Å²) in [6.07, 6.45) is 0. The van der Waals surface area contributed by atoms with Gasteiger partial charge in [-0.2, -0.15) is 4.72 Å². The summed E-state index contributed by atoms with van der Waals surface area (Å²) in [6, 6.07) is 10.9. The average molecular weight is 362 g/mol. The van der Waals surface area contributed by atoms with Crippen LogP contribution in [0.4, 0.5) is 10.1 Å². The molecule has 0 fully saturated rings. The van der Waals surface area contributed by atoms with Crippen LogP contribution < -0.4 is 14.4 Å². The Kier molecular flexibility index (Phi) is 6.02. The van der Waals surface area contributed by atoms with E-state index in [9.17, 15) is 12.8 Å². The number of halogens is 1. The zero-order valence-electron chi connectivity index (χ0n) is 14.2. The number of rotatable bonds is 5. The smallest absolute Gasteiger partial charge is 0.245 e. The molecule has 0 saturated heterocycles. The molecule has 0 aliphatic rings. The van der Waals surface area contributed by atoms with Gasteiger partial charge in [0.1, 0.15) is 16.5 Å². The molecule has 2 aromatic carbocycles. The van der Waals surface area contributed by atoms with Crippen LogP contribution >= 0.6 is 0 Å². The van der Waals surface area contributed by atoms with Gasteiger partial charge in [-0.15, -0.1) is 0 Å². The number of anilines is 1. The van der Waals surface area contributed by atoms with Gasteiger partial charge in [-0.25, -0.2) is 12.8 Å². The van der Waals surface area contributed by atoms with Crippen molar-refractivity contribution in [2.75, 3.05) is 32.6 Å². The van der Waals surface area contributed by atoms with Gasteiger partial charge in [-0.1, -0.05) is 24.0 Å². The Hall–Kier alpha value is -2.56. The summed E-state index contributed by atoms with van der Waals surface area (Å²) < 4.78 is 45.3. The molecule has 0 aliphatic carbocycles. The van der Waals surface area contributed by atoms with Crippen molar-refractivity contribution in [3.8, 4) is 17.6 Å². The molecule has 0 spiro atoms. The Balaban J connectivity index is 2.17. The maximum absolute atomic E-state index is 13.4. The normalized spacial score (nSPS) is 10.7. The van der Waals surface area contributed by atoms with E-state index in [0.717, 1.165) is 23.4 Å². The average Bonchev–Trinajstić information content (AvgIpc) is 2.59. The second-order valence-electron chi connectivity index (χ2n) is 5.33. The highest BCUT2D eigenvalue weighted by molar-refractivity contribution is 7.89. The fourth-order valence-electron chi connectivity index (χ4n) is 2.18. The number of ether oxygens (including phenoxy) is 1. The number of hydrogen-bond acceptors (Lipinski definition) is 4. The van der Waals surface area contributed by atoms with E-state index in [1.54, 1.807) is 0 Å². The van der Waals surface area contributed by atoms with Gasteiger partial charge in [0.25, 0.3) is 0 Å². The monoisotopic (exact) mass is 362 g/mol. The second-order valence-corrected chi connectivity index (χ2v) is 7.07. The molecule has 1 N–H and O–H groups in total. The molecular weight excluding hydrogens is 343 g/mol. The first-order valence-corrected chi connectivity index (χ1v) is 8.92. The van der Waals surface area contributed by atoms with E-state index in [4.69, 9.17) is 4.74 Å². The van der Waals surface area contributed by atoms with Gasteiger partial charge in [-0.3, -0.25) is 0 Å². The highest BCUT2D eigenvalue weighted by Gasteiger charge is 2.19. The van der Waals surface area contributed by atoms with E-state index < -0.39 is 15.8 Å². The summed E-state index contributed by atoms with van der Waals surface area (Å²) in [7, 11) is 1.19. The van der Waals surface area contributed by atoms with Gasteiger partial charge >= 0.3 is 0 Å². The molecular formula is C18H19FN2O3S. The molecule has 0 amide bonds. The minimum atomic E-state index is -3.93. The van der Waals surface area contributed by atoms with Crippen LogP contribution in [0.3, 0.4) is 0 Å². The largest absolute Gasteiger partial charge is 0.495 e. The minimum absolute atomic E-state index is 0.0693. The molecule has 0 radical (unpaired) electrons. The number of sulfonamides is 1. The van der Waals surface area contributed by atoms with Gasteiger partial charge in [0, 0.05) is 19.7 Å². The number of methoxy groups -OCH3 is 1. The Morgan fingerprint density at radius 2 is 1.92 bits per heavy atom. The number of benzene rings is 2. The number of nitrogens with zero attached hydrogens (tertiary/aromatic N) is 1. The van der Waals surface area contributed by atoms with Crippen LogP contribution in [0.15, 0.2) is 47.4 Å². The number of hydrogen-bond donors (Lipinski definition) is 1. The van der Waals surface area contributed by atoms with Gasteiger partial charge < -0.3 is 9.64 Å². The first kappa shape index (κ1) is 18.8. The Morgan fingerprint density at radius 3 is 2.60 bits per heavy atom.